The first-order valence-electron chi connectivity index (χ1n) is 5.83. The molecule has 1 saturated heterocycles. The van der Waals surface area contributed by atoms with Crippen molar-refractivity contribution < 1.29 is 24.1 Å². The van der Waals surface area contributed by atoms with Gasteiger partial charge in [0.15, 0.2) is 12.0 Å². The summed E-state index contributed by atoms with van der Waals surface area (Å²) >= 11 is 1.01. The molecule has 7 nitrogen and oxygen atoms in total. The summed E-state index contributed by atoms with van der Waals surface area (Å²) in [5, 5.41) is 19.0. The third kappa shape index (κ3) is 2.59. The van der Waals surface area contributed by atoms with E-state index < -0.39 is 42.7 Å². The van der Waals surface area contributed by atoms with Gasteiger partial charge in [-0.15, -0.1) is 11.8 Å². The van der Waals surface area contributed by atoms with Crippen LogP contribution in [0.1, 0.15) is 6.23 Å². The average Bonchev–Trinajstić information content (AvgIpc) is 2.76. The number of halogens is 1. The van der Waals surface area contributed by atoms with Gasteiger partial charge in [0.05, 0.1) is 12.8 Å². The normalized spacial score (nSPS) is 29.9. The van der Waals surface area contributed by atoms with Gasteiger partial charge in [-0.1, -0.05) is 0 Å². The molecule has 112 valence electrons. The number of aromatic nitrogens is 2. The Morgan fingerprint density at radius 3 is 2.90 bits per heavy atom. The molecule has 0 saturated carbocycles. The van der Waals surface area contributed by atoms with Crippen LogP contribution in [0.5, 0.6) is 0 Å². The van der Waals surface area contributed by atoms with E-state index in [1.165, 1.54) is 7.11 Å². The number of aliphatic hydroxyl groups excluding tert-OH is 2. The Kier molecular flexibility index (Phi) is 4.76. The van der Waals surface area contributed by atoms with Crippen LogP contribution in [0.25, 0.3) is 0 Å². The molecular weight excluding hydrogens is 291 g/mol. The maximum Gasteiger partial charge on any atom is 0.351 e. The minimum absolute atomic E-state index is 0.0162. The van der Waals surface area contributed by atoms with Crippen molar-refractivity contribution in [2.45, 2.75) is 29.6 Å². The summed E-state index contributed by atoms with van der Waals surface area (Å²) in [6.07, 6.45) is -1.40. The standard InChI is InChI=1S/C11H15FN2O5S/c1-18-8-7(16)6(4-15)19-10(8)14-3-5(12)9(20-2)13-11(14)17/h3,6-8,10,15-16H,4H2,1-2H3. The van der Waals surface area contributed by atoms with Gasteiger partial charge in [-0.2, -0.15) is 4.98 Å². The zero-order valence-electron chi connectivity index (χ0n) is 10.9. The first-order chi connectivity index (χ1) is 9.53. The average molecular weight is 306 g/mol. The lowest BCUT2D eigenvalue weighted by Gasteiger charge is -2.20. The highest BCUT2D eigenvalue weighted by Crippen LogP contribution is 2.30. The first kappa shape index (κ1) is 15.4. The number of aliphatic hydroxyl groups is 2. The van der Waals surface area contributed by atoms with Crippen LogP contribution in [-0.4, -0.2) is 58.0 Å². The van der Waals surface area contributed by atoms with Crippen LogP contribution in [0.15, 0.2) is 16.0 Å². The van der Waals surface area contributed by atoms with E-state index in [9.17, 15) is 14.3 Å². The van der Waals surface area contributed by atoms with E-state index in [1.54, 1.807) is 6.26 Å². The van der Waals surface area contributed by atoms with E-state index >= 15 is 0 Å². The minimum atomic E-state index is -1.12. The first-order valence-corrected chi connectivity index (χ1v) is 7.05. The third-order valence-electron chi connectivity index (χ3n) is 3.11. The highest BCUT2D eigenvalue weighted by Gasteiger charge is 2.45. The molecule has 1 aromatic heterocycles. The van der Waals surface area contributed by atoms with Crippen molar-refractivity contribution >= 4 is 11.8 Å². The van der Waals surface area contributed by atoms with Crippen molar-refractivity contribution in [3.05, 3.63) is 22.5 Å². The molecule has 1 aromatic rings. The van der Waals surface area contributed by atoms with E-state index in [0.29, 0.717) is 0 Å². The van der Waals surface area contributed by atoms with Crippen molar-refractivity contribution in [1.82, 2.24) is 9.55 Å². The molecule has 0 aliphatic carbocycles. The van der Waals surface area contributed by atoms with E-state index in [2.05, 4.69) is 4.98 Å². The Morgan fingerprint density at radius 1 is 1.65 bits per heavy atom. The fourth-order valence-corrected chi connectivity index (χ4v) is 2.52. The van der Waals surface area contributed by atoms with Gasteiger partial charge in [-0.3, -0.25) is 4.57 Å². The molecule has 1 aliphatic heterocycles. The number of nitrogens with zero attached hydrogens (tertiary/aromatic N) is 2. The molecule has 1 fully saturated rings. The highest BCUT2D eigenvalue weighted by molar-refractivity contribution is 7.98. The van der Waals surface area contributed by atoms with Crippen molar-refractivity contribution in [1.29, 1.82) is 0 Å². The molecule has 2 rings (SSSR count). The lowest BCUT2D eigenvalue weighted by molar-refractivity contribution is -0.0631. The summed E-state index contributed by atoms with van der Waals surface area (Å²) in [4.78, 5) is 15.5. The molecule has 4 unspecified atom stereocenters. The van der Waals surface area contributed by atoms with Crippen molar-refractivity contribution in [2.24, 2.45) is 0 Å². The van der Waals surface area contributed by atoms with Gasteiger partial charge < -0.3 is 19.7 Å². The number of methoxy groups -OCH3 is 1. The summed E-state index contributed by atoms with van der Waals surface area (Å²) in [5.74, 6) is -0.669. The molecule has 2 heterocycles. The molecule has 0 amide bonds. The van der Waals surface area contributed by atoms with Crippen LogP contribution in [0, 0.1) is 5.82 Å². The molecule has 9 heteroatoms. The lowest BCUT2D eigenvalue weighted by Crippen LogP contribution is -2.37. The molecule has 4 atom stereocenters. The lowest BCUT2D eigenvalue weighted by atomic mass is 10.1. The van der Waals surface area contributed by atoms with Gasteiger partial charge in [0.2, 0.25) is 0 Å². The minimum Gasteiger partial charge on any atom is -0.394 e. The van der Waals surface area contributed by atoms with Gasteiger partial charge in [0.1, 0.15) is 23.3 Å². The van der Waals surface area contributed by atoms with Gasteiger partial charge in [0, 0.05) is 7.11 Å². The Bertz CT molecular complexity index is 540. The Labute approximate surface area is 118 Å². The second-order valence-electron chi connectivity index (χ2n) is 4.23. The van der Waals surface area contributed by atoms with Crippen molar-refractivity contribution in [3.63, 3.8) is 0 Å². The number of rotatable bonds is 4. The molecular formula is C11H15FN2O5S. The fourth-order valence-electron chi connectivity index (χ4n) is 2.10. The van der Waals surface area contributed by atoms with Crippen molar-refractivity contribution in [2.75, 3.05) is 20.0 Å². The zero-order valence-corrected chi connectivity index (χ0v) is 11.7. The summed E-state index contributed by atoms with van der Waals surface area (Å²) in [6, 6.07) is 0. The van der Waals surface area contributed by atoms with Crippen LogP contribution < -0.4 is 5.69 Å². The second kappa shape index (κ2) is 6.19. The molecule has 20 heavy (non-hydrogen) atoms. The number of hydrogen-bond acceptors (Lipinski definition) is 7. The summed E-state index contributed by atoms with van der Waals surface area (Å²) in [6.45, 7) is -0.439. The largest absolute Gasteiger partial charge is 0.394 e. The molecule has 0 spiro atoms. The smallest absolute Gasteiger partial charge is 0.351 e. The van der Waals surface area contributed by atoms with Gasteiger partial charge >= 0.3 is 5.69 Å². The quantitative estimate of drug-likeness (QED) is 0.565. The molecule has 0 radical (unpaired) electrons. The zero-order chi connectivity index (χ0) is 14.9. The van der Waals surface area contributed by atoms with Crippen LogP contribution in [0.2, 0.25) is 0 Å². The monoisotopic (exact) mass is 306 g/mol. The number of hydrogen-bond donors (Lipinski definition) is 2. The van der Waals surface area contributed by atoms with E-state index in [1.807, 2.05) is 0 Å². The Morgan fingerprint density at radius 2 is 2.35 bits per heavy atom. The Balaban J connectivity index is 2.40. The summed E-state index contributed by atoms with van der Waals surface area (Å²) in [7, 11) is 1.33. The topological polar surface area (TPSA) is 93.8 Å². The van der Waals surface area contributed by atoms with Gasteiger partial charge in [-0.25, -0.2) is 9.18 Å². The van der Waals surface area contributed by atoms with Crippen LogP contribution in [-0.2, 0) is 9.47 Å². The highest BCUT2D eigenvalue weighted by atomic mass is 32.2. The second-order valence-corrected chi connectivity index (χ2v) is 5.02. The maximum absolute atomic E-state index is 13.7. The van der Waals surface area contributed by atoms with Crippen LogP contribution >= 0.6 is 11.8 Å². The van der Waals surface area contributed by atoms with Gasteiger partial charge in [-0.05, 0) is 6.26 Å². The van der Waals surface area contributed by atoms with Gasteiger partial charge in [0.25, 0.3) is 0 Å². The third-order valence-corrected chi connectivity index (χ3v) is 3.78. The SMILES string of the molecule is COC1C(O)C(CO)OC1n1cc(F)c(SC)nc1=O. The molecule has 0 bridgehead atoms. The molecule has 2 N–H and O–H groups in total. The van der Waals surface area contributed by atoms with Crippen LogP contribution in [0.3, 0.4) is 0 Å². The number of ether oxygens (including phenoxy) is 2. The summed E-state index contributed by atoms with van der Waals surface area (Å²) in [5.41, 5.74) is -0.714. The Hall–Kier alpha value is -1.00. The fraction of sp³-hybridized carbons (Fsp3) is 0.636. The molecule has 0 aromatic carbocycles. The predicted octanol–water partition coefficient (Wildman–Crippen LogP) is -0.630. The maximum atomic E-state index is 13.7. The van der Waals surface area contributed by atoms with E-state index in [-0.39, 0.29) is 5.03 Å². The van der Waals surface area contributed by atoms with Crippen molar-refractivity contribution in [3.8, 4) is 0 Å². The van der Waals surface area contributed by atoms with E-state index in [4.69, 9.17) is 14.6 Å². The molecule has 1 aliphatic rings. The number of thioether (sulfide) groups is 1. The predicted molar refractivity (Wildman–Crippen MR) is 68.0 cm³/mol. The summed E-state index contributed by atoms with van der Waals surface area (Å²) < 4.78 is 25.1. The van der Waals surface area contributed by atoms with E-state index in [0.717, 1.165) is 22.5 Å². The van der Waals surface area contributed by atoms with Crippen LogP contribution in [0.4, 0.5) is 4.39 Å².